The summed E-state index contributed by atoms with van der Waals surface area (Å²) >= 11 is 0. The van der Waals surface area contributed by atoms with Crippen molar-refractivity contribution in [1.29, 1.82) is 0 Å². The Balaban J connectivity index is 1.68. The Hall–Kier alpha value is -2.84. The number of nitrogens with zero attached hydrogens (tertiary/aromatic N) is 2. The van der Waals surface area contributed by atoms with Gasteiger partial charge < -0.3 is 14.4 Å². The maximum absolute atomic E-state index is 11.4. The molecular formula is C37H54N2O3. The summed E-state index contributed by atoms with van der Waals surface area (Å²) in [6, 6.07) is 10.3. The molecule has 3 unspecified atom stereocenters. The van der Waals surface area contributed by atoms with Gasteiger partial charge in [-0.2, -0.15) is 0 Å². The second kappa shape index (κ2) is 16.7. The number of aryl methyl sites for hydroxylation is 1. The Morgan fingerprint density at radius 3 is 2.29 bits per heavy atom. The lowest BCUT2D eigenvalue weighted by atomic mass is 9.90. The first kappa shape index (κ1) is 33.7. The largest absolute Gasteiger partial charge is 0.425 e. The molecule has 0 spiro atoms. The van der Waals surface area contributed by atoms with Crippen LogP contribution in [0.15, 0.2) is 30.3 Å². The standard InChI is InChI=1S/C37H54N2O3/c1-28(2)14-11-15-29(3)16-12-17-30(4)18-13-23-37(6,42-26-32-19-9-8-10-20-32)24-21-33-34-22-25-39(7)36(34)38-31(5)35(33)41-27-40/h8-10,19-20,27-30H,11-18,22-23,25-26H2,1-7H3. The van der Waals surface area contributed by atoms with Gasteiger partial charge in [-0.15, -0.1) is 0 Å². The van der Waals surface area contributed by atoms with Crippen molar-refractivity contribution in [3.05, 3.63) is 52.7 Å². The van der Waals surface area contributed by atoms with Crippen LogP contribution >= 0.6 is 0 Å². The van der Waals surface area contributed by atoms with Crippen molar-refractivity contribution in [2.24, 2.45) is 17.8 Å². The topological polar surface area (TPSA) is 51.7 Å². The van der Waals surface area contributed by atoms with Crippen LogP contribution in [0.3, 0.4) is 0 Å². The maximum atomic E-state index is 11.4. The zero-order valence-corrected chi connectivity index (χ0v) is 27.3. The van der Waals surface area contributed by atoms with E-state index in [4.69, 9.17) is 14.5 Å². The summed E-state index contributed by atoms with van der Waals surface area (Å²) in [7, 11) is 2.04. The van der Waals surface area contributed by atoms with Crippen LogP contribution in [0.1, 0.15) is 115 Å². The van der Waals surface area contributed by atoms with Gasteiger partial charge in [0, 0.05) is 19.2 Å². The van der Waals surface area contributed by atoms with Gasteiger partial charge in [0.1, 0.15) is 11.4 Å². The number of anilines is 1. The first-order valence-electron chi connectivity index (χ1n) is 16.2. The molecular weight excluding hydrogens is 520 g/mol. The second-order valence-electron chi connectivity index (χ2n) is 13.2. The van der Waals surface area contributed by atoms with Crippen LogP contribution in [-0.2, 0) is 22.6 Å². The number of pyridine rings is 1. The minimum absolute atomic E-state index is 0.462. The average Bonchev–Trinajstić information content (AvgIpc) is 3.32. The first-order chi connectivity index (χ1) is 20.1. The number of carbonyl (C=O) groups excluding carboxylic acids is 1. The van der Waals surface area contributed by atoms with Gasteiger partial charge in [0.15, 0.2) is 5.75 Å². The maximum Gasteiger partial charge on any atom is 0.298 e. The predicted octanol–water partition coefficient (Wildman–Crippen LogP) is 8.68. The molecule has 5 nitrogen and oxygen atoms in total. The lowest BCUT2D eigenvalue weighted by Crippen LogP contribution is -2.27. The SMILES string of the molecule is Cc1nc2c(c(C#CC(C)(CCCC(C)CCCC(C)CCCC(C)C)OCc3ccccc3)c1OC=O)CCN2C. The molecule has 2 heterocycles. The molecule has 0 saturated heterocycles. The number of fused-ring (bicyclic) bond motifs is 1. The molecule has 1 aliphatic rings. The number of ether oxygens (including phenoxy) is 2. The first-order valence-corrected chi connectivity index (χ1v) is 16.2. The summed E-state index contributed by atoms with van der Waals surface area (Å²) in [6.45, 7) is 15.3. The van der Waals surface area contributed by atoms with Crippen molar-refractivity contribution in [3.63, 3.8) is 0 Å². The molecule has 0 fully saturated rings. The van der Waals surface area contributed by atoms with E-state index < -0.39 is 5.60 Å². The zero-order valence-electron chi connectivity index (χ0n) is 27.3. The molecule has 5 heteroatoms. The van der Waals surface area contributed by atoms with E-state index in [1.54, 1.807) is 0 Å². The highest BCUT2D eigenvalue weighted by Gasteiger charge is 2.27. The summed E-state index contributed by atoms with van der Waals surface area (Å²) in [5, 5.41) is 0. The predicted molar refractivity (Wildman–Crippen MR) is 174 cm³/mol. The minimum atomic E-state index is -0.631. The highest BCUT2D eigenvalue weighted by Crippen LogP contribution is 2.35. The molecule has 0 saturated carbocycles. The minimum Gasteiger partial charge on any atom is -0.425 e. The van der Waals surface area contributed by atoms with Gasteiger partial charge in [-0.3, -0.25) is 4.79 Å². The third-order valence-corrected chi connectivity index (χ3v) is 8.70. The Bertz CT molecular complexity index is 1180. The number of hydrogen-bond acceptors (Lipinski definition) is 5. The van der Waals surface area contributed by atoms with Gasteiger partial charge in [0.05, 0.1) is 17.9 Å². The normalized spacial score (nSPS) is 15.5. The molecule has 3 atom stereocenters. The molecule has 0 radical (unpaired) electrons. The van der Waals surface area contributed by atoms with Crippen molar-refractivity contribution < 1.29 is 14.3 Å². The van der Waals surface area contributed by atoms with Crippen LogP contribution in [0, 0.1) is 36.5 Å². The smallest absolute Gasteiger partial charge is 0.298 e. The van der Waals surface area contributed by atoms with Gasteiger partial charge >= 0.3 is 0 Å². The number of rotatable bonds is 17. The van der Waals surface area contributed by atoms with Crippen molar-refractivity contribution in [2.75, 3.05) is 18.5 Å². The number of benzene rings is 1. The number of likely N-dealkylation sites (N-methyl/N-ethyl adjacent to an activating group) is 1. The molecule has 230 valence electrons. The van der Waals surface area contributed by atoms with E-state index in [-0.39, 0.29) is 0 Å². The van der Waals surface area contributed by atoms with Crippen molar-refractivity contribution in [3.8, 4) is 17.6 Å². The molecule has 42 heavy (non-hydrogen) atoms. The van der Waals surface area contributed by atoms with Crippen molar-refractivity contribution in [2.45, 2.75) is 118 Å². The van der Waals surface area contributed by atoms with Gasteiger partial charge in [0.25, 0.3) is 6.47 Å². The van der Waals surface area contributed by atoms with Gasteiger partial charge in [-0.1, -0.05) is 115 Å². The Morgan fingerprint density at radius 2 is 1.64 bits per heavy atom. The van der Waals surface area contributed by atoms with E-state index in [9.17, 15) is 4.79 Å². The molecule has 1 aromatic heterocycles. The van der Waals surface area contributed by atoms with E-state index in [0.29, 0.717) is 30.4 Å². The molecule has 1 aromatic carbocycles. The van der Waals surface area contributed by atoms with E-state index in [2.05, 4.69) is 63.5 Å². The summed E-state index contributed by atoms with van der Waals surface area (Å²) in [6.07, 6.45) is 11.9. The summed E-state index contributed by atoms with van der Waals surface area (Å²) in [5.41, 5.74) is 2.99. The summed E-state index contributed by atoms with van der Waals surface area (Å²) < 4.78 is 12.0. The van der Waals surface area contributed by atoms with Crippen molar-refractivity contribution >= 4 is 12.3 Å². The van der Waals surface area contributed by atoms with Gasteiger partial charge in [-0.05, 0) is 56.4 Å². The van der Waals surface area contributed by atoms with Crippen molar-refractivity contribution in [1.82, 2.24) is 4.98 Å². The third kappa shape index (κ3) is 10.5. The Kier molecular flexibility index (Phi) is 13.4. The molecule has 1 aliphatic heterocycles. The quantitative estimate of drug-likeness (QED) is 0.140. The van der Waals surface area contributed by atoms with Crippen LogP contribution in [0.5, 0.6) is 5.75 Å². The number of hydrogen-bond donors (Lipinski definition) is 0. The highest BCUT2D eigenvalue weighted by atomic mass is 16.5. The summed E-state index contributed by atoms with van der Waals surface area (Å²) in [4.78, 5) is 18.2. The Morgan fingerprint density at radius 1 is 1.00 bits per heavy atom. The molecule has 3 rings (SSSR count). The van der Waals surface area contributed by atoms with E-state index in [1.165, 1.54) is 44.9 Å². The van der Waals surface area contributed by atoms with Gasteiger partial charge in [0.2, 0.25) is 0 Å². The van der Waals surface area contributed by atoms with Crippen LogP contribution in [0.2, 0.25) is 0 Å². The fourth-order valence-corrected chi connectivity index (χ4v) is 5.92. The molecule has 0 aliphatic carbocycles. The molecule has 2 aromatic rings. The van der Waals surface area contributed by atoms with Crippen LogP contribution in [0.25, 0.3) is 0 Å². The number of aromatic nitrogens is 1. The van der Waals surface area contributed by atoms with Crippen LogP contribution < -0.4 is 9.64 Å². The molecule has 0 N–H and O–H groups in total. The van der Waals surface area contributed by atoms with Crippen LogP contribution in [-0.4, -0.2) is 30.6 Å². The summed E-state index contributed by atoms with van der Waals surface area (Å²) in [5.74, 6) is 10.6. The molecule has 0 bridgehead atoms. The van der Waals surface area contributed by atoms with E-state index in [0.717, 1.165) is 60.2 Å². The zero-order chi connectivity index (χ0) is 30.5. The lowest BCUT2D eigenvalue weighted by Gasteiger charge is -2.25. The second-order valence-corrected chi connectivity index (χ2v) is 13.2. The fraction of sp³-hybridized carbons (Fsp3) is 0.622. The van der Waals surface area contributed by atoms with Crippen LogP contribution in [0.4, 0.5) is 5.82 Å². The van der Waals surface area contributed by atoms with E-state index >= 15 is 0 Å². The lowest BCUT2D eigenvalue weighted by molar-refractivity contribution is -0.120. The molecule has 0 amide bonds. The average molecular weight is 575 g/mol. The third-order valence-electron chi connectivity index (χ3n) is 8.70. The monoisotopic (exact) mass is 574 g/mol. The van der Waals surface area contributed by atoms with Gasteiger partial charge in [-0.25, -0.2) is 4.98 Å². The Labute approximate surface area is 255 Å². The fourth-order valence-electron chi connectivity index (χ4n) is 5.92. The highest BCUT2D eigenvalue weighted by molar-refractivity contribution is 5.67. The van der Waals surface area contributed by atoms with E-state index in [1.807, 2.05) is 32.2 Å². The number of carbonyl (C=O) groups is 1.